The van der Waals surface area contributed by atoms with E-state index in [1.165, 1.54) is 10.9 Å². The highest BCUT2D eigenvalue weighted by Crippen LogP contribution is 2.33. The molecule has 0 aliphatic carbocycles. The van der Waals surface area contributed by atoms with E-state index in [1.54, 1.807) is 25.7 Å². The number of pyridine rings is 1. The lowest BCUT2D eigenvalue weighted by Gasteiger charge is -2.17. The van der Waals surface area contributed by atoms with Gasteiger partial charge < -0.3 is 14.6 Å². The van der Waals surface area contributed by atoms with Gasteiger partial charge in [-0.15, -0.1) is 0 Å². The van der Waals surface area contributed by atoms with Crippen molar-refractivity contribution < 1.29 is 4.74 Å². The Morgan fingerprint density at radius 2 is 1.94 bits per heavy atom. The van der Waals surface area contributed by atoms with Gasteiger partial charge in [-0.3, -0.25) is 15.0 Å². The van der Waals surface area contributed by atoms with Crippen molar-refractivity contribution in [3.63, 3.8) is 0 Å². The molecule has 0 aliphatic heterocycles. The van der Waals surface area contributed by atoms with Crippen molar-refractivity contribution in [2.24, 2.45) is 0 Å². The van der Waals surface area contributed by atoms with E-state index >= 15 is 0 Å². The van der Waals surface area contributed by atoms with E-state index in [0.717, 1.165) is 40.0 Å². The minimum absolute atomic E-state index is 0.111. The summed E-state index contributed by atoms with van der Waals surface area (Å²) in [6, 6.07) is 17.0. The Balaban J connectivity index is 1.58. The summed E-state index contributed by atoms with van der Waals surface area (Å²) >= 11 is 0. The zero-order valence-corrected chi connectivity index (χ0v) is 18.2. The predicted molar refractivity (Wildman–Crippen MR) is 129 cm³/mol. The molecular weight excluding hydrogens is 398 g/mol. The quantitative estimate of drug-likeness (QED) is 0.376. The molecule has 1 N–H and O–H groups in total. The molecule has 6 nitrogen and oxygen atoms in total. The molecule has 0 saturated carbocycles. The number of hydrogen-bond donors (Lipinski definition) is 1. The lowest BCUT2D eigenvalue weighted by Crippen LogP contribution is -2.07. The van der Waals surface area contributed by atoms with Crippen molar-refractivity contribution in [1.29, 1.82) is 0 Å². The molecule has 1 unspecified atom stereocenters. The van der Waals surface area contributed by atoms with Crippen molar-refractivity contribution >= 4 is 27.6 Å². The van der Waals surface area contributed by atoms with Gasteiger partial charge in [0, 0.05) is 61.4 Å². The van der Waals surface area contributed by atoms with E-state index in [1.807, 2.05) is 12.3 Å². The molecule has 2 aromatic carbocycles. The minimum atomic E-state index is 0.111. The van der Waals surface area contributed by atoms with Crippen LogP contribution in [0.1, 0.15) is 18.5 Å². The van der Waals surface area contributed by atoms with Crippen LogP contribution in [0.3, 0.4) is 0 Å². The maximum Gasteiger partial charge on any atom is 0.0966 e. The van der Waals surface area contributed by atoms with Crippen molar-refractivity contribution in [2.75, 3.05) is 19.0 Å². The summed E-state index contributed by atoms with van der Waals surface area (Å²) in [5, 5.41) is 4.81. The molecular formula is C26H25N5O. The average Bonchev–Trinajstić information content (AvgIpc) is 3.25. The molecule has 0 fully saturated rings. The zero-order chi connectivity index (χ0) is 21.9. The van der Waals surface area contributed by atoms with Gasteiger partial charge in [0.2, 0.25) is 0 Å². The van der Waals surface area contributed by atoms with Gasteiger partial charge in [0.1, 0.15) is 0 Å². The summed E-state index contributed by atoms with van der Waals surface area (Å²) < 4.78 is 7.50. The first kappa shape index (κ1) is 20.2. The normalized spacial score (nSPS) is 12.3. The standard InChI is InChI=1S/C26H25N5O/c1-18(21-4-3-8-27-17-21)30-22-15-23(26-24(16-22)28-9-10-29-26)20-6-5-19-7-11-31(12-13-32-2)25(19)14-20/h3-11,14-18,30H,12-13H2,1-2H3. The van der Waals surface area contributed by atoms with E-state index in [-0.39, 0.29) is 6.04 Å². The number of nitrogens with zero attached hydrogens (tertiary/aromatic N) is 4. The summed E-state index contributed by atoms with van der Waals surface area (Å²) in [4.78, 5) is 13.5. The fourth-order valence-electron chi connectivity index (χ4n) is 4.08. The maximum atomic E-state index is 5.27. The van der Waals surface area contributed by atoms with Crippen LogP contribution in [0.2, 0.25) is 0 Å². The molecule has 0 spiro atoms. The molecule has 0 amide bonds. The topological polar surface area (TPSA) is 64.9 Å². The van der Waals surface area contributed by atoms with E-state index in [2.05, 4.69) is 80.4 Å². The summed E-state index contributed by atoms with van der Waals surface area (Å²) in [7, 11) is 1.73. The summed E-state index contributed by atoms with van der Waals surface area (Å²) in [6.07, 6.45) is 9.27. The molecule has 32 heavy (non-hydrogen) atoms. The number of methoxy groups -OCH3 is 1. The lowest BCUT2D eigenvalue weighted by atomic mass is 10.0. The molecule has 160 valence electrons. The van der Waals surface area contributed by atoms with Gasteiger partial charge in [-0.05, 0) is 53.8 Å². The lowest BCUT2D eigenvalue weighted by molar-refractivity contribution is 0.188. The Kier molecular flexibility index (Phi) is 5.52. The Morgan fingerprint density at radius 1 is 1.03 bits per heavy atom. The molecule has 0 bridgehead atoms. The van der Waals surface area contributed by atoms with Crippen LogP contribution in [0.25, 0.3) is 33.1 Å². The molecule has 0 radical (unpaired) electrons. The number of ether oxygens (including phenoxy) is 1. The van der Waals surface area contributed by atoms with Crippen LogP contribution in [-0.4, -0.2) is 33.2 Å². The summed E-state index contributed by atoms with van der Waals surface area (Å²) in [6.45, 7) is 3.62. The second-order valence-electron chi connectivity index (χ2n) is 7.88. The number of hydrogen-bond acceptors (Lipinski definition) is 5. The SMILES string of the molecule is COCCn1ccc2ccc(-c3cc(NC(C)c4cccnc4)cc4nccnc34)cc21. The van der Waals surface area contributed by atoms with Crippen molar-refractivity contribution in [1.82, 2.24) is 19.5 Å². The number of rotatable bonds is 7. The highest BCUT2D eigenvalue weighted by Gasteiger charge is 2.13. The fraction of sp³-hybridized carbons (Fsp3) is 0.192. The van der Waals surface area contributed by atoms with Gasteiger partial charge in [0.25, 0.3) is 0 Å². The number of aromatic nitrogens is 4. The minimum Gasteiger partial charge on any atom is -0.383 e. The number of nitrogens with one attached hydrogen (secondary N) is 1. The first-order chi connectivity index (χ1) is 15.7. The summed E-state index contributed by atoms with van der Waals surface area (Å²) in [5.41, 5.74) is 7.22. The third-order valence-corrected chi connectivity index (χ3v) is 5.76. The van der Waals surface area contributed by atoms with Crippen LogP contribution >= 0.6 is 0 Å². The Labute approximate surface area is 186 Å². The second-order valence-corrected chi connectivity index (χ2v) is 7.88. The van der Waals surface area contributed by atoms with Crippen LogP contribution in [0.5, 0.6) is 0 Å². The largest absolute Gasteiger partial charge is 0.383 e. The third-order valence-electron chi connectivity index (χ3n) is 5.76. The van der Waals surface area contributed by atoms with E-state index < -0.39 is 0 Å². The van der Waals surface area contributed by atoms with Gasteiger partial charge in [-0.2, -0.15) is 0 Å². The zero-order valence-electron chi connectivity index (χ0n) is 18.2. The first-order valence-corrected chi connectivity index (χ1v) is 10.7. The molecule has 1 atom stereocenters. The molecule has 5 rings (SSSR count). The number of fused-ring (bicyclic) bond motifs is 2. The molecule has 3 aromatic heterocycles. The smallest absolute Gasteiger partial charge is 0.0966 e. The maximum absolute atomic E-state index is 5.27. The number of anilines is 1. The predicted octanol–water partition coefficient (Wildman–Crippen LogP) is 5.47. The summed E-state index contributed by atoms with van der Waals surface area (Å²) in [5.74, 6) is 0. The van der Waals surface area contributed by atoms with E-state index in [4.69, 9.17) is 4.74 Å². The van der Waals surface area contributed by atoms with Gasteiger partial charge in [-0.25, -0.2) is 0 Å². The van der Waals surface area contributed by atoms with Crippen LogP contribution in [0.15, 0.2) is 79.5 Å². The van der Waals surface area contributed by atoms with Gasteiger partial charge in [0.05, 0.1) is 23.7 Å². The van der Waals surface area contributed by atoms with Crippen LogP contribution in [0, 0.1) is 0 Å². The van der Waals surface area contributed by atoms with E-state index in [9.17, 15) is 0 Å². The van der Waals surface area contributed by atoms with Crippen molar-refractivity contribution in [3.8, 4) is 11.1 Å². The molecule has 5 aromatic rings. The third kappa shape index (κ3) is 3.92. The Bertz CT molecular complexity index is 1360. The van der Waals surface area contributed by atoms with Gasteiger partial charge in [-0.1, -0.05) is 18.2 Å². The van der Waals surface area contributed by atoms with Crippen LogP contribution in [-0.2, 0) is 11.3 Å². The van der Waals surface area contributed by atoms with Crippen LogP contribution < -0.4 is 5.32 Å². The molecule has 0 aliphatic rings. The Morgan fingerprint density at radius 3 is 2.78 bits per heavy atom. The molecule has 6 heteroatoms. The highest BCUT2D eigenvalue weighted by molar-refractivity contribution is 5.97. The fourth-order valence-corrected chi connectivity index (χ4v) is 4.08. The first-order valence-electron chi connectivity index (χ1n) is 10.7. The molecule has 3 heterocycles. The Hall–Kier alpha value is -3.77. The second kappa shape index (κ2) is 8.77. The number of benzene rings is 2. The monoisotopic (exact) mass is 423 g/mol. The van der Waals surface area contributed by atoms with Gasteiger partial charge >= 0.3 is 0 Å². The highest BCUT2D eigenvalue weighted by atomic mass is 16.5. The van der Waals surface area contributed by atoms with E-state index in [0.29, 0.717) is 6.61 Å². The van der Waals surface area contributed by atoms with Crippen LogP contribution in [0.4, 0.5) is 5.69 Å². The average molecular weight is 424 g/mol. The van der Waals surface area contributed by atoms with Crippen molar-refractivity contribution in [3.05, 3.63) is 85.1 Å². The molecule has 0 saturated heterocycles. The van der Waals surface area contributed by atoms with Crippen molar-refractivity contribution in [2.45, 2.75) is 19.5 Å². The van der Waals surface area contributed by atoms with Gasteiger partial charge in [0.15, 0.2) is 0 Å².